The molecular formula is C12H18N4. The van der Waals surface area contributed by atoms with E-state index >= 15 is 0 Å². The Morgan fingerprint density at radius 1 is 1.50 bits per heavy atom. The fourth-order valence-electron chi connectivity index (χ4n) is 1.84. The third kappa shape index (κ3) is 2.07. The first-order valence-corrected chi connectivity index (χ1v) is 5.72. The van der Waals surface area contributed by atoms with Crippen molar-refractivity contribution in [3.05, 3.63) is 29.7 Å². The SMILES string of the molecule is CCC(CNC)c1nc2cc(C)ccn2n1. The van der Waals surface area contributed by atoms with Gasteiger partial charge in [0.15, 0.2) is 11.5 Å². The molecule has 1 N–H and O–H groups in total. The second kappa shape index (κ2) is 4.61. The van der Waals surface area contributed by atoms with Crippen LogP contribution in [0, 0.1) is 6.92 Å². The molecule has 0 amide bonds. The first kappa shape index (κ1) is 11.1. The van der Waals surface area contributed by atoms with E-state index in [4.69, 9.17) is 0 Å². The van der Waals surface area contributed by atoms with E-state index in [-0.39, 0.29) is 0 Å². The highest BCUT2D eigenvalue weighted by atomic mass is 15.3. The van der Waals surface area contributed by atoms with Crippen LogP contribution in [0.3, 0.4) is 0 Å². The molecular weight excluding hydrogens is 200 g/mol. The van der Waals surface area contributed by atoms with E-state index in [9.17, 15) is 0 Å². The molecule has 0 aromatic carbocycles. The standard InChI is InChI=1S/C12H18N4/c1-4-10(8-13-3)12-14-11-7-9(2)5-6-16(11)15-12/h5-7,10,13H,4,8H2,1-3H3. The molecule has 0 fully saturated rings. The van der Waals surface area contributed by atoms with Gasteiger partial charge in [0.05, 0.1) is 0 Å². The van der Waals surface area contributed by atoms with Gasteiger partial charge in [0.2, 0.25) is 0 Å². The smallest absolute Gasteiger partial charge is 0.156 e. The van der Waals surface area contributed by atoms with Crippen LogP contribution >= 0.6 is 0 Å². The van der Waals surface area contributed by atoms with Crippen molar-refractivity contribution < 1.29 is 0 Å². The summed E-state index contributed by atoms with van der Waals surface area (Å²) < 4.78 is 1.85. The van der Waals surface area contributed by atoms with Gasteiger partial charge in [-0.2, -0.15) is 5.10 Å². The topological polar surface area (TPSA) is 42.2 Å². The van der Waals surface area contributed by atoms with Crippen molar-refractivity contribution in [1.29, 1.82) is 0 Å². The van der Waals surface area contributed by atoms with Gasteiger partial charge in [-0.15, -0.1) is 0 Å². The molecule has 0 aliphatic carbocycles. The van der Waals surface area contributed by atoms with Gasteiger partial charge < -0.3 is 5.32 Å². The zero-order valence-corrected chi connectivity index (χ0v) is 10.1. The Bertz CT molecular complexity index is 475. The van der Waals surface area contributed by atoms with Gasteiger partial charge in [0, 0.05) is 18.7 Å². The van der Waals surface area contributed by atoms with Crippen LogP contribution in [0.2, 0.25) is 0 Å². The Morgan fingerprint density at radius 3 is 3.00 bits per heavy atom. The highest BCUT2D eigenvalue weighted by molar-refractivity contribution is 5.40. The average molecular weight is 218 g/mol. The number of pyridine rings is 1. The lowest BCUT2D eigenvalue weighted by Gasteiger charge is -2.08. The Kier molecular flexibility index (Phi) is 3.19. The minimum absolute atomic E-state index is 0.394. The molecule has 4 heteroatoms. The first-order valence-electron chi connectivity index (χ1n) is 5.72. The maximum Gasteiger partial charge on any atom is 0.156 e. The summed E-state index contributed by atoms with van der Waals surface area (Å²) in [6, 6.07) is 4.10. The van der Waals surface area contributed by atoms with E-state index in [2.05, 4.69) is 35.3 Å². The number of hydrogen-bond acceptors (Lipinski definition) is 3. The highest BCUT2D eigenvalue weighted by Gasteiger charge is 2.14. The largest absolute Gasteiger partial charge is 0.319 e. The summed E-state index contributed by atoms with van der Waals surface area (Å²) >= 11 is 0. The van der Waals surface area contributed by atoms with Gasteiger partial charge in [0.25, 0.3) is 0 Å². The van der Waals surface area contributed by atoms with E-state index in [1.165, 1.54) is 5.56 Å². The van der Waals surface area contributed by atoms with Gasteiger partial charge in [-0.1, -0.05) is 6.92 Å². The van der Waals surface area contributed by atoms with E-state index in [0.717, 1.165) is 24.4 Å². The summed E-state index contributed by atoms with van der Waals surface area (Å²) in [7, 11) is 1.96. The molecule has 16 heavy (non-hydrogen) atoms. The summed E-state index contributed by atoms with van der Waals surface area (Å²) in [5, 5.41) is 7.69. The fourth-order valence-corrected chi connectivity index (χ4v) is 1.84. The van der Waals surface area contributed by atoms with Crippen LogP contribution in [-0.4, -0.2) is 28.2 Å². The van der Waals surface area contributed by atoms with E-state index in [1.807, 2.05) is 23.8 Å². The van der Waals surface area contributed by atoms with Crippen molar-refractivity contribution in [2.75, 3.05) is 13.6 Å². The van der Waals surface area contributed by atoms with Crippen LogP contribution in [0.15, 0.2) is 18.3 Å². The molecule has 2 rings (SSSR count). The van der Waals surface area contributed by atoms with Gasteiger partial charge in [0.1, 0.15) is 0 Å². The molecule has 0 bridgehead atoms. The molecule has 1 atom stereocenters. The number of likely N-dealkylation sites (N-methyl/N-ethyl adjacent to an activating group) is 1. The lowest BCUT2D eigenvalue weighted by atomic mass is 10.1. The van der Waals surface area contributed by atoms with Crippen LogP contribution in [0.25, 0.3) is 5.65 Å². The number of fused-ring (bicyclic) bond motifs is 1. The number of aromatic nitrogens is 3. The maximum absolute atomic E-state index is 4.58. The fraction of sp³-hybridized carbons (Fsp3) is 0.500. The molecule has 86 valence electrons. The molecule has 2 aromatic heterocycles. The van der Waals surface area contributed by atoms with Crippen molar-refractivity contribution >= 4 is 5.65 Å². The normalized spacial score (nSPS) is 13.2. The second-order valence-corrected chi connectivity index (χ2v) is 4.14. The zero-order valence-electron chi connectivity index (χ0n) is 10.1. The molecule has 0 aliphatic rings. The first-order chi connectivity index (χ1) is 7.74. The predicted molar refractivity (Wildman–Crippen MR) is 64.7 cm³/mol. The highest BCUT2D eigenvalue weighted by Crippen LogP contribution is 2.16. The van der Waals surface area contributed by atoms with Gasteiger partial charge in [-0.25, -0.2) is 9.50 Å². The van der Waals surface area contributed by atoms with Gasteiger partial charge in [-0.05, 0) is 38.1 Å². The quantitative estimate of drug-likeness (QED) is 0.850. The summed E-state index contributed by atoms with van der Waals surface area (Å²) in [5.41, 5.74) is 2.15. The van der Waals surface area contributed by atoms with E-state index < -0.39 is 0 Å². The maximum atomic E-state index is 4.58. The molecule has 0 saturated carbocycles. The van der Waals surface area contributed by atoms with E-state index in [1.54, 1.807) is 0 Å². The van der Waals surface area contributed by atoms with E-state index in [0.29, 0.717) is 5.92 Å². The predicted octanol–water partition coefficient (Wildman–Crippen LogP) is 1.75. The number of hydrogen-bond donors (Lipinski definition) is 1. The minimum Gasteiger partial charge on any atom is -0.319 e. The van der Waals surface area contributed by atoms with Crippen molar-refractivity contribution in [3.63, 3.8) is 0 Å². The van der Waals surface area contributed by atoms with Gasteiger partial charge in [-0.3, -0.25) is 0 Å². The average Bonchev–Trinajstić information content (AvgIpc) is 2.68. The van der Waals surface area contributed by atoms with Crippen LogP contribution in [0.1, 0.15) is 30.7 Å². The molecule has 1 unspecified atom stereocenters. The Morgan fingerprint density at radius 2 is 2.31 bits per heavy atom. The molecule has 0 saturated heterocycles. The lowest BCUT2D eigenvalue weighted by Crippen LogP contribution is -2.17. The molecule has 0 aliphatic heterocycles. The van der Waals surface area contributed by atoms with Crippen LogP contribution in [0.5, 0.6) is 0 Å². The third-order valence-electron chi connectivity index (χ3n) is 2.82. The minimum atomic E-state index is 0.394. The summed E-state index contributed by atoms with van der Waals surface area (Å²) in [6.07, 6.45) is 3.02. The Labute approximate surface area is 95.7 Å². The van der Waals surface area contributed by atoms with Crippen LogP contribution < -0.4 is 5.32 Å². The lowest BCUT2D eigenvalue weighted by molar-refractivity contribution is 0.580. The molecule has 2 aromatic rings. The van der Waals surface area contributed by atoms with Crippen molar-refractivity contribution in [1.82, 2.24) is 19.9 Å². The Balaban J connectivity index is 2.37. The molecule has 0 spiro atoms. The molecule has 0 radical (unpaired) electrons. The molecule has 2 heterocycles. The van der Waals surface area contributed by atoms with Crippen molar-refractivity contribution in [2.45, 2.75) is 26.2 Å². The van der Waals surface area contributed by atoms with Crippen LogP contribution in [0.4, 0.5) is 0 Å². The van der Waals surface area contributed by atoms with Crippen LogP contribution in [-0.2, 0) is 0 Å². The monoisotopic (exact) mass is 218 g/mol. The number of nitrogens with one attached hydrogen (secondary N) is 1. The molecule has 4 nitrogen and oxygen atoms in total. The number of nitrogens with zero attached hydrogens (tertiary/aromatic N) is 3. The van der Waals surface area contributed by atoms with Crippen molar-refractivity contribution in [3.8, 4) is 0 Å². The van der Waals surface area contributed by atoms with Gasteiger partial charge >= 0.3 is 0 Å². The Hall–Kier alpha value is -1.42. The summed E-state index contributed by atoms with van der Waals surface area (Å²) in [4.78, 5) is 4.58. The zero-order chi connectivity index (χ0) is 11.5. The second-order valence-electron chi connectivity index (χ2n) is 4.14. The summed E-state index contributed by atoms with van der Waals surface area (Å²) in [6.45, 7) is 5.16. The number of aryl methyl sites for hydroxylation is 1. The summed E-state index contributed by atoms with van der Waals surface area (Å²) in [5.74, 6) is 1.33. The third-order valence-corrected chi connectivity index (χ3v) is 2.82. The number of rotatable bonds is 4. The van der Waals surface area contributed by atoms with Crippen molar-refractivity contribution in [2.24, 2.45) is 0 Å².